The number of hydrogen-bond donors (Lipinski definition) is 1. The molecule has 3 aliphatic heterocycles. The lowest BCUT2D eigenvalue weighted by Crippen LogP contribution is -2.59. The van der Waals surface area contributed by atoms with E-state index in [-0.39, 0.29) is 31.7 Å². The molecule has 154 valence electrons. The van der Waals surface area contributed by atoms with Crippen molar-refractivity contribution in [3.8, 4) is 11.5 Å². The van der Waals surface area contributed by atoms with Gasteiger partial charge in [0, 0.05) is 12.1 Å². The summed E-state index contributed by atoms with van der Waals surface area (Å²) in [6, 6.07) is 14.0. The van der Waals surface area contributed by atoms with Crippen LogP contribution in [-0.4, -0.2) is 53.1 Å². The molecule has 0 aliphatic carbocycles. The first-order chi connectivity index (χ1) is 14.6. The number of nitrogens with one attached hydrogen (secondary N) is 1. The van der Waals surface area contributed by atoms with E-state index in [1.165, 1.54) is 4.90 Å². The van der Waals surface area contributed by atoms with Crippen molar-refractivity contribution in [2.24, 2.45) is 0 Å². The van der Waals surface area contributed by atoms with Crippen LogP contribution in [0.25, 0.3) is 0 Å². The van der Waals surface area contributed by atoms with Crippen molar-refractivity contribution in [3.05, 3.63) is 59.7 Å². The number of piperidine rings is 1. The summed E-state index contributed by atoms with van der Waals surface area (Å²) < 4.78 is 10.7. The number of hydrogen-bond acceptors (Lipinski definition) is 5. The predicted octanol–water partition coefficient (Wildman–Crippen LogP) is 2.14. The Balaban J connectivity index is 1.35. The van der Waals surface area contributed by atoms with Gasteiger partial charge in [-0.25, -0.2) is 4.79 Å². The second-order valence-corrected chi connectivity index (χ2v) is 7.79. The van der Waals surface area contributed by atoms with Crippen molar-refractivity contribution in [2.45, 2.75) is 24.9 Å². The number of nitrogens with zero attached hydrogens (tertiary/aromatic N) is 2. The Bertz CT molecular complexity index is 1020. The molecule has 8 heteroatoms. The maximum absolute atomic E-state index is 13.2. The fourth-order valence-electron chi connectivity index (χ4n) is 4.30. The predicted molar refractivity (Wildman–Crippen MR) is 106 cm³/mol. The Hall–Kier alpha value is -3.55. The third-order valence-electron chi connectivity index (χ3n) is 5.83. The van der Waals surface area contributed by atoms with Gasteiger partial charge in [0.2, 0.25) is 6.79 Å². The van der Waals surface area contributed by atoms with Crippen LogP contribution in [0.2, 0.25) is 0 Å². The van der Waals surface area contributed by atoms with Crippen molar-refractivity contribution in [2.75, 3.05) is 19.9 Å². The van der Waals surface area contributed by atoms with Crippen LogP contribution in [0, 0.1) is 0 Å². The van der Waals surface area contributed by atoms with Crippen LogP contribution in [0.3, 0.4) is 0 Å². The van der Waals surface area contributed by atoms with Gasteiger partial charge in [-0.05, 0) is 36.6 Å². The fourth-order valence-corrected chi connectivity index (χ4v) is 4.30. The van der Waals surface area contributed by atoms with Crippen LogP contribution in [0.5, 0.6) is 11.5 Å². The summed E-state index contributed by atoms with van der Waals surface area (Å²) in [4.78, 5) is 41.8. The van der Waals surface area contributed by atoms with Crippen LogP contribution < -0.4 is 14.8 Å². The maximum Gasteiger partial charge on any atom is 0.325 e. The molecule has 0 aromatic heterocycles. The first kappa shape index (κ1) is 18.5. The van der Waals surface area contributed by atoms with Gasteiger partial charge in [-0.2, -0.15) is 0 Å². The van der Waals surface area contributed by atoms with Crippen LogP contribution >= 0.6 is 0 Å². The quantitative estimate of drug-likeness (QED) is 0.788. The van der Waals surface area contributed by atoms with Crippen molar-refractivity contribution in [1.29, 1.82) is 0 Å². The number of rotatable bonds is 3. The van der Waals surface area contributed by atoms with Gasteiger partial charge in [0.1, 0.15) is 5.54 Å². The molecule has 4 amide bonds. The molecule has 2 fully saturated rings. The lowest BCUT2D eigenvalue weighted by Gasteiger charge is -2.38. The Morgan fingerprint density at radius 3 is 2.70 bits per heavy atom. The molecule has 3 aliphatic rings. The third kappa shape index (κ3) is 3.04. The van der Waals surface area contributed by atoms with Gasteiger partial charge < -0.3 is 19.7 Å². The van der Waals surface area contributed by atoms with E-state index >= 15 is 0 Å². The molecule has 0 bridgehead atoms. The van der Waals surface area contributed by atoms with Gasteiger partial charge in [0.15, 0.2) is 11.5 Å². The van der Waals surface area contributed by atoms with Gasteiger partial charge in [-0.3, -0.25) is 14.5 Å². The minimum atomic E-state index is -1.07. The summed E-state index contributed by atoms with van der Waals surface area (Å²) in [6.45, 7) is 1.02. The van der Waals surface area contributed by atoms with Crippen LogP contribution in [0.15, 0.2) is 48.5 Å². The second-order valence-electron chi connectivity index (χ2n) is 7.79. The highest BCUT2D eigenvalue weighted by Crippen LogP contribution is 2.34. The smallest absolute Gasteiger partial charge is 0.325 e. The van der Waals surface area contributed by atoms with Crippen molar-refractivity contribution < 1.29 is 23.9 Å². The molecule has 5 rings (SSSR count). The van der Waals surface area contributed by atoms with E-state index in [2.05, 4.69) is 5.32 Å². The summed E-state index contributed by atoms with van der Waals surface area (Å²) in [5, 5.41) is 2.87. The highest BCUT2D eigenvalue weighted by molar-refractivity contribution is 6.07. The zero-order chi connectivity index (χ0) is 20.7. The van der Waals surface area contributed by atoms with Gasteiger partial charge in [0.25, 0.3) is 11.8 Å². The lowest BCUT2D eigenvalue weighted by molar-refractivity contribution is -0.133. The SMILES string of the molecule is O=C(c1ccc2c(c1)OCO2)N1CCCC2(C1)NC(=O)N(Cc1ccccc1)C2=O. The molecule has 1 N–H and O–H groups in total. The number of benzene rings is 2. The fraction of sp³-hybridized carbons (Fsp3) is 0.318. The monoisotopic (exact) mass is 407 g/mol. The zero-order valence-electron chi connectivity index (χ0n) is 16.3. The molecule has 1 atom stereocenters. The lowest BCUT2D eigenvalue weighted by atomic mass is 9.88. The van der Waals surface area contributed by atoms with Crippen molar-refractivity contribution in [1.82, 2.24) is 15.1 Å². The number of ether oxygens (including phenoxy) is 2. The Morgan fingerprint density at radius 2 is 1.87 bits per heavy atom. The molecule has 2 aromatic rings. The molecule has 1 spiro atoms. The standard InChI is InChI=1S/C22H21N3O5/c26-19(16-7-8-17-18(11-16)30-14-29-17)24-10-4-9-22(13-24)20(27)25(21(28)23-22)12-15-5-2-1-3-6-15/h1-3,5-8,11H,4,9-10,12-14H2,(H,23,28). The summed E-state index contributed by atoms with van der Waals surface area (Å²) in [6.07, 6.45) is 1.13. The van der Waals surface area contributed by atoms with Crippen LogP contribution in [-0.2, 0) is 11.3 Å². The van der Waals surface area contributed by atoms with Gasteiger partial charge in [-0.15, -0.1) is 0 Å². The molecule has 0 saturated carbocycles. The van der Waals surface area contributed by atoms with E-state index in [9.17, 15) is 14.4 Å². The maximum atomic E-state index is 13.2. The van der Waals surface area contributed by atoms with Crippen LogP contribution in [0.1, 0.15) is 28.8 Å². The second kappa shape index (κ2) is 7.05. The van der Waals surface area contributed by atoms with Crippen molar-refractivity contribution >= 4 is 17.8 Å². The van der Waals surface area contributed by atoms with Gasteiger partial charge in [-0.1, -0.05) is 30.3 Å². The molecular weight excluding hydrogens is 386 g/mol. The highest BCUT2D eigenvalue weighted by Gasteiger charge is 2.53. The molecule has 2 aromatic carbocycles. The normalized spacial score (nSPS) is 22.5. The minimum absolute atomic E-state index is 0.136. The molecule has 3 heterocycles. The van der Waals surface area contributed by atoms with E-state index in [1.807, 2.05) is 30.3 Å². The molecular formula is C22H21N3O5. The molecule has 30 heavy (non-hydrogen) atoms. The molecule has 2 saturated heterocycles. The van der Waals surface area contributed by atoms with E-state index in [0.29, 0.717) is 36.4 Å². The number of imide groups is 1. The summed E-state index contributed by atoms with van der Waals surface area (Å²) in [7, 11) is 0. The first-order valence-corrected chi connectivity index (χ1v) is 9.93. The topological polar surface area (TPSA) is 88.2 Å². The molecule has 8 nitrogen and oxygen atoms in total. The third-order valence-corrected chi connectivity index (χ3v) is 5.83. The van der Waals surface area contributed by atoms with Crippen LogP contribution in [0.4, 0.5) is 4.79 Å². The molecule has 0 radical (unpaired) electrons. The number of likely N-dealkylation sites (tertiary alicyclic amines) is 1. The number of carbonyl (C=O) groups excluding carboxylic acids is 3. The number of fused-ring (bicyclic) bond motifs is 1. The average Bonchev–Trinajstić information content (AvgIpc) is 3.32. The highest BCUT2D eigenvalue weighted by atomic mass is 16.7. The average molecular weight is 407 g/mol. The Kier molecular flexibility index (Phi) is 4.34. The number of carbonyl (C=O) groups is 3. The largest absolute Gasteiger partial charge is 0.454 e. The number of amides is 4. The summed E-state index contributed by atoms with van der Waals surface area (Å²) in [5.41, 5.74) is 0.271. The number of urea groups is 1. The van der Waals surface area contributed by atoms with E-state index in [4.69, 9.17) is 9.47 Å². The van der Waals surface area contributed by atoms with Gasteiger partial charge >= 0.3 is 6.03 Å². The minimum Gasteiger partial charge on any atom is -0.454 e. The first-order valence-electron chi connectivity index (χ1n) is 9.93. The Morgan fingerprint density at radius 1 is 1.07 bits per heavy atom. The van der Waals surface area contributed by atoms with Crippen molar-refractivity contribution in [3.63, 3.8) is 0 Å². The van der Waals surface area contributed by atoms with E-state index in [1.54, 1.807) is 23.1 Å². The van der Waals surface area contributed by atoms with E-state index < -0.39 is 11.6 Å². The molecule has 1 unspecified atom stereocenters. The summed E-state index contributed by atoms with van der Waals surface area (Å²) >= 11 is 0. The summed E-state index contributed by atoms with van der Waals surface area (Å²) in [5.74, 6) is 0.666. The Labute approximate surface area is 173 Å². The zero-order valence-corrected chi connectivity index (χ0v) is 16.3. The van der Waals surface area contributed by atoms with Gasteiger partial charge in [0.05, 0.1) is 13.1 Å². The van der Waals surface area contributed by atoms with E-state index in [0.717, 1.165) is 5.56 Å².